The average molecular weight is 418 g/mol. The first-order valence-corrected chi connectivity index (χ1v) is 9.89. The third kappa shape index (κ3) is 6.37. The molecule has 0 spiro atoms. The molecule has 0 bridgehead atoms. The number of ether oxygens (including phenoxy) is 3. The summed E-state index contributed by atoms with van der Waals surface area (Å²) in [4.78, 5) is 24.5. The molecule has 0 aliphatic rings. The highest BCUT2D eigenvalue weighted by atomic mass is 19.1. The zero-order valence-electron chi connectivity index (χ0n) is 17.4. The number of carbonyl (C=O) groups excluding carboxylic acids is 2. The Labute approximate surface area is 175 Å². The first kappa shape index (κ1) is 23.0. The van der Waals surface area contributed by atoms with Crippen LogP contribution in [0.1, 0.15) is 43.1 Å². The minimum atomic E-state index is -0.542. The van der Waals surface area contributed by atoms with Gasteiger partial charge in [0.1, 0.15) is 5.82 Å². The first-order valence-electron chi connectivity index (χ1n) is 9.89. The van der Waals surface area contributed by atoms with Crippen LogP contribution in [-0.2, 0) is 11.2 Å². The largest absolute Gasteiger partial charge is 0.490 e. The van der Waals surface area contributed by atoms with E-state index >= 15 is 0 Å². The number of amides is 2. The van der Waals surface area contributed by atoms with E-state index in [4.69, 9.17) is 14.2 Å². The summed E-state index contributed by atoms with van der Waals surface area (Å²) in [6.07, 6.45) is 0.249. The van der Waals surface area contributed by atoms with Gasteiger partial charge in [-0.15, -0.1) is 0 Å². The van der Waals surface area contributed by atoms with Gasteiger partial charge < -0.3 is 14.2 Å². The van der Waals surface area contributed by atoms with Crippen LogP contribution in [-0.4, -0.2) is 31.6 Å². The standard InChI is InChI=1S/C22H27FN2O5/c1-4-28-18-13-16(14-19(29-5-2)21(18)30-6-3)22(27)25-24-20(26)12-11-15-9-7-8-10-17(15)23/h7-10,13-14H,4-6,11-12H2,1-3H3,(H,24,26)(H,25,27). The van der Waals surface area contributed by atoms with E-state index in [1.165, 1.54) is 18.2 Å². The summed E-state index contributed by atoms with van der Waals surface area (Å²) in [6, 6.07) is 9.30. The van der Waals surface area contributed by atoms with Crippen LogP contribution in [0.5, 0.6) is 17.2 Å². The van der Waals surface area contributed by atoms with Crippen molar-refractivity contribution in [3.05, 3.63) is 53.3 Å². The summed E-state index contributed by atoms with van der Waals surface area (Å²) in [5.74, 6) is -0.170. The van der Waals surface area contributed by atoms with Crippen molar-refractivity contribution in [3.63, 3.8) is 0 Å². The zero-order chi connectivity index (χ0) is 21.9. The van der Waals surface area contributed by atoms with Gasteiger partial charge in [0, 0.05) is 12.0 Å². The molecule has 0 atom stereocenters. The molecule has 0 saturated heterocycles. The lowest BCUT2D eigenvalue weighted by Crippen LogP contribution is -2.41. The van der Waals surface area contributed by atoms with Crippen molar-refractivity contribution in [3.8, 4) is 17.2 Å². The molecule has 2 aromatic rings. The predicted octanol–water partition coefficient (Wildman–Crippen LogP) is 3.42. The van der Waals surface area contributed by atoms with Gasteiger partial charge in [-0.2, -0.15) is 0 Å². The molecule has 2 N–H and O–H groups in total. The highest BCUT2D eigenvalue weighted by Gasteiger charge is 2.18. The summed E-state index contributed by atoms with van der Waals surface area (Å²) >= 11 is 0. The maximum atomic E-state index is 13.6. The second-order valence-electron chi connectivity index (χ2n) is 6.19. The lowest BCUT2D eigenvalue weighted by molar-refractivity contribution is -0.121. The van der Waals surface area contributed by atoms with Crippen LogP contribution >= 0.6 is 0 Å². The monoisotopic (exact) mass is 418 g/mol. The normalized spacial score (nSPS) is 10.3. The highest BCUT2D eigenvalue weighted by Crippen LogP contribution is 2.39. The Balaban J connectivity index is 2.04. The molecule has 0 aliphatic carbocycles. The number of carbonyl (C=O) groups is 2. The van der Waals surface area contributed by atoms with E-state index in [0.717, 1.165) is 0 Å². The van der Waals surface area contributed by atoms with E-state index in [2.05, 4.69) is 10.9 Å². The van der Waals surface area contributed by atoms with Crippen LogP contribution in [0.4, 0.5) is 4.39 Å². The number of halogens is 1. The van der Waals surface area contributed by atoms with E-state index in [1.54, 1.807) is 18.2 Å². The Morgan fingerprint density at radius 1 is 0.900 bits per heavy atom. The van der Waals surface area contributed by atoms with Crippen LogP contribution in [0.3, 0.4) is 0 Å². The molecule has 2 aromatic carbocycles. The van der Waals surface area contributed by atoms with E-state index in [0.29, 0.717) is 42.6 Å². The van der Waals surface area contributed by atoms with Gasteiger partial charge in [-0.3, -0.25) is 20.4 Å². The first-order chi connectivity index (χ1) is 14.5. The Hall–Kier alpha value is -3.29. The van der Waals surface area contributed by atoms with Crippen LogP contribution in [0, 0.1) is 5.82 Å². The summed E-state index contributed by atoms with van der Waals surface area (Å²) in [6.45, 7) is 6.64. The topological polar surface area (TPSA) is 85.9 Å². The van der Waals surface area contributed by atoms with Gasteiger partial charge in [-0.05, 0) is 51.0 Å². The van der Waals surface area contributed by atoms with E-state index in [9.17, 15) is 14.0 Å². The molecular formula is C22H27FN2O5. The summed E-state index contributed by atoms with van der Waals surface area (Å²) in [5.41, 5.74) is 5.37. The molecule has 2 amide bonds. The Morgan fingerprint density at radius 3 is 2.07 bits per heavy atom. The second kappa shape index (κ2) is 11.6. The fourth-order valence-electron chi connectivity index (χ4n) is 2.73. The van der Waals surface area contributed by atoms with Crippen molar-refractivity contribution in [2.24, 2.45) is 0 Å². The number of rotatable bonds is 10. The number of hydrazine groups is 1. The third-order valence-corrected chi connectivity index (χ3v) is 4.07. The second-order valence-corrected chi connectivity index (χ2v) is 6.19. The van der Waals surface area contributed by atoms with Gasteiger partial charge in [0.25, 0.3) is 5.91 Å². The maximum Gasteiger partial charge on any atom is 0.269 e. The summed E-state index contributed by atoms with van der Waals surface area (Å²) in [5, 5.41) is 0. The van der Waals surface area contributed by atoms with Crippen LogP contribution < -0.4 is 25.1 Å². The van der Waals surface area contributed by atoms with Gasteiger partial charge >= 0.3 is 0 Å². The molecule has 0 unspecified atom stereocenters. The van der Waals surface area contributed by atoms with Crippen LogP contribution in [0.2, 0.25) is 0 Å². The molecular weight excluding hydrogens is 391 g/mol. The number of hydrogen-bond acceptors (Lipinski definition) is 5. The minimum absolute atomic E-state index is 0.0267. The molecule has 0 fully saturated rings. The molecule has 0 aromatic heterocycles. The maximum absolute atomic E-state index is 13.6. The SMILES string of the molecule is CCOc1cc(C(=O)NNC(=O)CCc2ccccc2F)cc(OCC)c1OCC. The van der Waals surface area contributed by atoms with Crippen molar-refractivity contribution in [1.82, 2.24) is 10.9 Å². The number of nitrogens with one attached hydrogen (secondary N) is 2. The van der Waals surface area contributed by atoms with Crippen molar-refractivity contribution in [2.75, 3.05) is 19.8 Å². The number of aryl methyl sites for hydroxylation is 1. The molecule has 8 heteroatoms. The van der Waals surface area contributed by atoms with Gasteiger partial charge in [0.15, 0.2) is 11.5 Å². The van der Waals surface area contributed by atoms with Crippen molar-refractivity contribution >= 4 is 11.8 Å². The molecule has 7 nitrogen and oxygen atoms in total. The lowest BCUT2D eigenvalue weighted by Gasteiger charge is -2.17. The third-order valence-electron chi connectivity index (χ3n) is 4.07. The van der Waals surface area contributed by atoms with E-state index in [-0.39, 0.29) is 24.2 Å². The Bertz CT molecular complexity index is 845. The highest BCUT2D eigenvalue weighted by molar-refractivity contribution is 5.96. The smallest absolute Gasteiger partial charge is 0.269 e. The average Bonchev–Trinajstić information content (AvgIpc) is 2.73. The molecule has 2 rings (SSSR count). The lowest BCUT2D eigenvalue weighted by atomic mass is 10.1. The van der Waals surface area contributed by atoms with Crippen LogP contribution in [0.15, 0.2) is 36.4 Å². The molecule has 0 radical (unpaired) electrons. The number of benzene rings is 2. The molecule has 30 heavy (non-hydrogen) atoms. The fourth-order valence-corrected chi connectivity index (χ4v) is 2.73. The zero-order valence-corrected chi connectivity index (χ0v) is 17.4. The minimum Gasteiger partial charge on any atom is -0.490 e. The molecule has 162 valence electrons. The van der Waals surface area contributed by atoms with Gasteiger partial charge in [0.05, 0.1) is 19.8 Å². The fraction of sp³-hybridized carbons (Fsp3) is 0.364. The van der Waals surface area contributed by atoms with Crippen molar-refractivity contribution < 1.29 is 28.2 Å². The van der Waals surface area contributed by atoms with Crippen molar-refractivity contribution in [2.45, 2.75) is 33.6 Å². The quantitative estimate of drug-likeness (QED) is 0.578. The summed E-state index contributed by atoms with van der Waals surface area (Å²) in [7, 11) is 0. The predicted molar refractivity (Wildman–Crippen MR) is 110 cm³/mol. The summed E-state index contributed by atoms with van der Waals surface area (Å²) < 4.78 is 30.4. The molecule has 0 heterocycles. The van der Waals surface area contributed by atoms with E-state index < -0.39 is 11.8 Å². The van der Waals surface area contributed by atoms with Gasteiger partial charge in [-0.25, -0.2) is 4.39 Å². The number of hydrogen-bond donors (Lipinski definition) is 2. The molecule has 0 aliphatic heterocycles. The van der Waals surface area contributed by atoms with Crippen LogP contribution in [0.25, 0.3) is 0 Å². The Morgan fingerprint density at radius 2 is 1.50 bits per heavy atom. The van der Waals surface area contributed by atoms with Gasteiger partial charge in [-0.1, -0.05) is 18.2 Å². The molecule has 0 saturated carbocycles. The Kier molecular flexibility index (Phi) is 8.93. The van der Waals surface area contributed by atoms with E-state index in [1.807, 2.05) is 20.8 Å². The van der Waals surface area contributed by atoms with Crippen molar-refractivity contribution in [1.29, 1.82) is 0 Å². The van der Waals surface area contributed by atoms with Gasteiger partial charge in [0.2, 0.25) is 11.7 Å².